The maximum absolute atomic E-state index is 11.8. The third-order valence-electron chi connectivity index (χ3n) is 3.00. The van der Waals surface area contributed by atoms with E-state index in [4.69, 9.17) is 5.11 Å². The molecule has 1 heterocycles. The van der Waals surface area contributed by atoms with Crippen LogP contribution >= 0.6 is 0 Å². The number of carbonyl (C=O) groups is 2. The first kappa shape index (κ1) is 15.9. The summed E-state index contributed by atoms with van der Waals surface area (Å²) in [6, 6.07) is 3.65. The van der Waals surface area contributed by atoms with Gasteiger partial charge in [0.25, 0.3) is 0 Å². The van der Waals surface area contributed by atoms with E-state index in [-0.39, 0.29) is 12.5 Å². The zero-order valence-corrected chi connectivity index (χ0v) is 11.9. The fourth-order valence-electron chi connectivity index (χ4n) is 1.82. The summed E-state index contributed by atoms with van der Waals surface area (Å²) >= 11 is 0. The van der Waals surface area contributed by atoms with Crippen LogP contribution in [0.3, 0.4) is 0 Å². The van der Waals surface area contributed by atoms with Crippen molar-refractivity contribution in [1.82, 2.24) is 15.2 Å². The number of amides is 2. The highest BCUT2D eigenvalue weighted by Gasteiger charge is 2.10. The molecule has 0 aromatic carbocycles. The highest BCUT2D eigenvalue weighted by Crippen LogP contribution is 2.05. The van der Waals surface area contributed by atoms with Gasteiger partial charge in [0.15, 0.2) is 0 Å². The van der Waals surface area contributed by atoms with Gasteiger partial charge in [0.05, 0.1) is 12.2 Å². The molecule has 2 amide bonds. The van der Waals surface area contributed by atoms with Crippen LogP contribution in [0.2, 0.25) is 0 Å². The molecule has 0 aliphatic rings. The molecule has 0 spiro atoms. The van der Waals surface area contributed by atoms with E-state index >= 15 is 0 Å². The second kappa shape index (κ2) is 8.14. The van der Waals surface area contributed by atoms with Crippen molar-refractivity contribution in [3.8, 4) is 0 Å². The van der Waals surface area contributed by atoms with Crippen LogP contribution in [0.4, 0.5) is 4.79 Å². The molecule has 1 rings (SSSR count). The van der Waals surface area contributed by atoms with Crippen LogP contribution in [0.25, 0.3) is 0 Å². The number of urea groups is 1. The van der Waals surface area contributed by atoms with Gasteiger partial charge in [-0.25, -0.2) is 4.79 Å². The summed E-state index contributed by atoms with van der Waals surface area (Å²) < 4.78 is 0. The second-order valence-electron chi connectivity index (χ2n) is 4.54. The number of carbonyl (C=O) groups excluding carboxylic acids is 1. The molecular weight excluding hydrogens is 258 g/mol. The van der Waals surface area contributed by atoms with Crippen LogP contribution in [0, 0.1) is 0 Å². The minimum atomic E-state index is -0.847. The lowest BCUT2D eigenvalue weighted by molar-refractivity contribution is -0.137. The van der Waals surface area contributed by atoms with E-state index in [0.717, 1.165) is 17.7 Å². The van der Waals surface area contributed by atoms with E-state index in [1.165, 1.54) is 4.90 Å². The summed E-state index contributed by atoms with van der Waals surface area (Å²) in [5.74, 6) is -0.847. The largest absolute Gasteiger partial charge is 0.481 e. The first-order valence-corrected chi connectivity index (χ1v) is 6.68. The normalized spacial score (nSPS) is 10.1. The molecule has 6 nitrogen and oxygen atoms in total. The Morgan fingerprint density at radius 1 is 1.45 bits per heavy atom. The summed E-state index contributed by atoms with van der Waals surface area (Å²) in [6.45, 7) is 2.84. The highest BCUT2D eigenvalue weighted by atomic mass is 16.4. The van der Waals surface area contributed by atoms with E-state index in [0.29, 0.717) is 19.5 Å². The van der Waals surface area contributed by atoms with Gasteiger partial charge in [-0.2, -0.15) is 0 Å². The van der Waals surface area contributed by atoms with Crippen molar-refractivity contribution in [3.63, 3.8) is 0 Å². The Morgan fingerprint density at radius 3 is 2.85 bits per heavy atom. The Bertz CT molecular complexity index is 463. The Kier molecular flexibility index (Phi) is 6.49. The van der Waals surface area contributed by atoms with Crippen molar-refractivity contribution in [2.45, 2.75) is 32.7 Å². The first-order valence-electron chi connectivity index (χ1n) is 6.68. The predicted molar refractivity (Wildman–Crippen MR) is 75.4 cm³/mol. The molecule has 110 valence electrons. The summed E-state index contributed by atoms with van der Waals surface area (Å²) in [7, 11) is 1.65. The number of nitrogens with zero attached hydrogens (tertiary/aromatic N) is 2. The molecule has 0 unspecified atom stereocenters. The Hall–Kier alpha value is -2.11. The maximum atomic E-state index is 11.8. The molecule has 20 heavy (non-hydrogen) atoms. The lowest BCUT2D eigenvalue weighted by Gasteiger charge is -2.17. The second-order valence-corrected chi connectivity index (χ2v) is 4.54. The summed E-state index contributed by atoms with van der Waals surface area (Å²) in [5, 5.41) is 11.3. The molecule has 2 N–H and O–H groups in total. The quantitative estimate of drug-likeness (QED) is 0.795. The van der Waals surface area contributed by atoms with Crippen molar-refractivity contribution in [3.05, 3.63) is 29.6 Å². The fourth-order valence-corrected chi connectivity index (χ4v) is 1.82. The lowest BCUT2D eigenvalue weighted by Crippen LogP contribution is -2.37. The minimum Gasteiger partial charge on any atom is -0.481 e. The van der Waals surface area contributed by atoms with E-state index in [9.17, 15) is 9.59 Å². The Balaban J connectivity index is 2.40. The van der Waals surface area contributed by atoms with Crippen molar-refractivity contribution in [1.29, 1.82) is 0 Å². The van der Waals surface area contributed by atoms with Crippen LogP contribution < -0.4 is 5.32 Å². The van der Waals surface area contributed by atoms with E-state index in [1.54, 1.807) is 13.2 Å². The van der Waals surface area contributed by atoms with E-state index in [1.807, 2.05) is 19.1 Å². The van der Waals surface area contributed by atoms with Crippen molar-refractivity contribution >= 4 is 12.0 Å². The van der Waals surface area contributed by atoms with E-state index in [2.05, 4.69) is 10.3 Å². The SMILES string of the molecule is CCc1cccnc1CNC(=O)N(C)CCCC(=O)O. The summed E-state index contributed by atoms with van der Waals surface area (Å²) in [5.41, 5.74) is 1.98. The lowest BCUT2D eigenvalue weighted by atomic mass is 10.1. The highest BCUT2D eigenvalue weighted by molar-refractivity contribution is 5.74. The monoisotopic (exact) mass is 279 g/mol. The average Bonchev–Trinajstić information content (AvgIpc) is 2.44. The van der Waals surface area contributed by atoms with Crippen LogP contribution in [0.1, 0.15) is 31.0 Å². The number of carboxylic acids is 1. The molecule has 0 atom stereocenters. The van der Waals surface area contributed by atoms with Gasteiger partial charge in [-0.3, -0.25) is 9.78 Å². The van der Waals surface area contributed by atoms with E-state index < -0.39 is 5.97 Å². The number of aryl methyl sites for hydroxylation is 1. The fraction of sp³-hybridized carbons (Fsp3) is 0.500. The van der Waals surface area contributed by atoms with Gasteiger partial charge in [0, 0.05) is 26.2 Å². The first-order chi connectivity index (χ1) is 9.54. The molecular formula is C14H21N3O3. The molecule has 6 heteroatoms. The van der Waals surface area contributed by atoms with Gasteiger partial charge < -0.3 is 15.3 Å². The molecule has 0 fully saturated rings. The van der Waals surface area contributed by atoms with Gasteiger partial charge in [-0.15, -0.1) is 0 Å². The molecule has 0 saturated carbocycles. The number of hydrogen-bond acceptors (Lipinski definition) is 3. The molecule has 0 bridgehead atoms. The molecule has 0 aliphatic carbocycles. The van der Waals surface area contributed by atoms with Gasteiger partial charge in [0.2, 0.25) is 0 Å². The topological polar surface area (TPSA) is 82.5 Å². The number of hydrogen-bond donors (Lipinski definition) is 2. The van der Waals surface area contributed by atoms with Crippen molar-refractivity contribution < 1.29 is 14.7 Å². The van der Waals surface area contributed by atoms with Gasteiger partial charge in [-0.05, 0) is 24.5 Å². The predicted octanol–water partition coefficient (Wildman–Crippen LogP) is 1.65. The minimum absolute atomic E-state index is 0.0673. The molecule has 0 radical (unpaired) electrons. The maximum Gasteiger partial charge on any atom is 0.317 e. The third-order valence-corrected chi connectivity index (χ3v) is 3.00. The van der Waals surface area contributed by atoms with Crippen molar-refractivity contribution in [2.75, 3.05) is 13.6 Å². The molecule has 1 aromatic rings. The smallest absolute Gasteiger partial charge is 0.317 e. The van der Waals surface area contributed by atoms with Gasteiger partial charge >= 0.3 is 12.0 Å². The Labute approximate surface area is 118 Å². The number of aliphatic carboxylic acids is 1. The van der Waals surface area contributed by atoms with Crippen molar-refractivity contribution in [2.24, 2.45) is 0 Å². The zero-order chi connectivity index (χ0) is 15.0. The van der Waals surface area contributed by atoms with Gasteiger partial charge in [-0.1, -0.05) is 13.0 Å². The standard InChI is InChI=1S/C14H21N3O3/c1-3-11-6-4-8-15-12(11)10-16-14(20)17(2)9-5-7-13(18)19/h4,6,8H,3,5,7,9-10H2,1-2H3,(H,16,20)(H,18,19). The number of nitrogens with one attached hydrogen (secondary N) is 1. The average molecular weight is 279 g/mol. The van der Waals surface area contributed by atoms with Crippen LogP contribution in [0.15, 0.2) is 18.3 Å². The summed E-state index contributed by atoms with van der Waals surface area (Å²) in [4.78, 5) is 28.0. The Morgan fingerprint density at radius 2 is 2.20 bits per heavy atom. The molecule has 0 saturated heterocycles. The molecule has 1 aromatic heterocycles. The third kappa shape index (κ3) is 5.26. The zero-order valence-electron chi connectivity index (χ0n) is 11.9. The summed E-state index contributed by atoms with van der Waals surface area (Å²) in [6.07, 6.45) is 3.09. The number of pyridine rings is 1. The number of aromatic nitrogens is 1. The van der Waals surface area contributed by atoms with Crippen LogP contribution in [-0.4, -0.2) is 40.6 Å². The van der Waals surface area contributed by atoms with Crippen LogP contribution in [-0.2, 0) is 17.8 Å². The van der Waals surface area contributed by atoms with Gasteiger partial charge in [0.1, 0.15) is 0 Å². The van der Waals surface area contributed by atoms with Crippen LogP contribution in [0.5, 0.6) is 0 Å². The number of rotatable bonds is 7. The molecule has 0 aliphatic heterocycles. The number of carboxylic acid groups (broad SMARTS) is 1.